The van der Waals surface area contributed by atoms with Gasteiger partial charge in [-0.05, 0) is 61.4 Å². The van der Waals surface area contributed by atoms with Crippen LogP contribution < -0.4 is 19.1 Å². The van der Waals surface area contributed by atoms with Crippen molar-refractivity contribution in [3.8, 4) is 11.5 Å². The summed E-state index contributed by atoms with van der Waals surface area (Å²) in [6, 6.07) is 17.7. The fourth-order valence-electron chi connectivity index (χ4n) is 3.53. The van der Waals surface area contributed by atoms with Crippen molar-refractivity contribution in [1.29, 1.82) is 0 Å². The Bertz CT molecular complexity index is 1330. The summed E-state index contributed by atoms with van der Waals surface area (Å²) in [5.74, 6) is 0.269. The standard InChI is InChI=1S/C27H32FN3O5S/c1-19(2)36-25-15-12-21(16-26(25)35-5)17-29-27(32)22-13-10-20(11-14-22)18-31(37(33,34)30(3)4)24-9-7-6-8-23(24)28/h6-16,19H,17-18H2,1-5H3,(H,29,32). The second-order valence-corrected chi connectivity index (χ2v) is 10.8. The average Bonchev–Trinajstić information content (AvgIpc) is 2.86. The van der Waals surface area contributed by atoms with Crippen LogP contribution in [0.3, 0.4) is 0 Å². The number of methoxy groups -OCH3 is 1. The zero-order valence-electron chi connectivity index (χ0n) is 21.6. The molecule has 0 spiro atoms. The number of anilines is 1. The van der Waals surface area contributed by atoms with Gasteiger partial charge in [-0.3, -0.25) is 9.10 Å². The van der Waals surface area contributed by atoms with Gasteiger partial charge in [0.05, 0.1) is 25.4 Å². The lowest BCUT2D eigenvalue weighted by Crippen LogP contribution is -2.40. The van der Waals surface area contributed by atoms with E-state index in [9.17, 15) is 17.6 Å². The first kappa shape index (κ1) is 27.9. The molecule has 198 valence electrons. The number of nitrogens with one attached hydrogen (secondary N) is 1. The Morgan fingerprint density at radius 3 is 2.22 bits per heavy atom. The maximum absolute atomic E-state index is 14.5. The zero-order chi connectivity index (χ0) is 27.2. The van der Waals surface area contributed by atoms with Gasteiger partial charge in [-0.2, -0.15) is 12.7 Å². The summed E-state index contributed by atoms with van der Waals surface area (Å²) in [5, 5.41) is 2.86. The van der Waals surface area contributed by atoms with Crippen LogP contribution in [0.5, 0.6) is 11.5 Å². The number of amides is 1. The lowest BCUT2D eigenvalue weighted by atomic mass is 10.1. The zero-order valence-corrected chi connectivity index (χ0v) is 22.4. The van der Waals surface area contributed by atoms with Crippen LogP contribution >= 0.6 is 0 Å². The molecule has 1 amide bonds. The lowest BCUT2D eigenvalue weighted by molar-refractivity contribution is 0.0951. The molecule has 0 heterocycles. The van der Waals surface area contributed by atoms with Crippen LogP contribution in [-0.2, 0) is 23.3 Å². The predicted octanol–water partition coefficient (Wildman–Crippen LogP) is 4.36. The Hall–Kier alpha value is -3.63. The number of para-hydroxylation sites is 1. The normalized spacial score (nSPS) is 11.5. The van der Waals surface area contributed by atoms with Gasteiger partial charge < -0.3 is 14.8 Å². The average molecular weight is 530 g/mol. The molecule has 0 atom stereocenters. The van der Waals surface area contributed by atoms with Crippen molar-refractivity contribution in [2.45, 2.75) is 33.0 Å². The van der Waals surface area contributed by atoms with Crippen molar-refractivity contribution < 1.29 is 27.1 Å². The highest BCUT2D eigenvalue weighted by Gasteiger charge is 2.27. The monoisotopic (exact) mass is 529 g/mol. The topological polar surface area (TPSA) is 88.2 Å². The number of rotatable bonds is 11. The van der Waals surface area contributed by atoms with E-state index in [4.69, 9.17) is 9.47 Å². The Kier molecular flexibility index (Phi) is 9.12. The molecule has 0 fully saturated rings. The Balaban J connectivity index is 1.71. The molecule has 0 saturated carbocycles. The van der Waals surface area contributed by atoms with Crippen molar-refractivity contribution in [2.24, 2.45) is 0 Å². The molecular formula is C27H32FN3O5S. The Morgan fingerprint density at radius 1 is 0.973 bits per heavy atom. The van der Waals surface area contributed by atoms with Gasteiger partial charge in [-0.15, -0.1) is 0 Å². The summed E-state index contributed by atoms with van der Waals surface area (Å²) in [6.07, 6.45) is 0.00390. The van der Waals surface area contributed by atoms with Gasteiger partial charge in [-0.25, -0.2) is 4.39 Å². The minimum absolute atomic E-state index is 0.00390. The third kappa shape index (κ3) is 6.99. The number of hydrogen-bond donors (Lipinski definition) is 1. The number of nitrogens with zero attached hydrogens (tertiary/aromatic N) is 2. The van der Waals surface area contributed by atoms with Gasteiger partial charge in [0.2, 0.25) is 0 Å². The highest BCUT2D eigenvalue weighted by molar-refractivity contribution is 7.90. The molecule has 0 radical (unpaired) electrons. The largest absolute Gasteiger partial charge is 0.493 e. The van der Waals surface area contributed by atoms with Crippen LogP contribution in [0, 0.1) is 5.82 Å². The van der Waals surface area contributed by atoms with Gasteiger partial charge in [0.25, 0.3) is 5.91 Å². The molecule has 3 aromatic carbocycles. The molecule has 10 heteroatoms. The Morgan fingerprint density at radius 2 is 1.62 bits per heavy atom. The number of ether oxygens (including phenoxy) is 2. The van der Waals surface area contributed by atoms with Gasteiger partial charge >= 0.3 is 10.2 Å². The number of benzene rings is 3. The van der Waals surface area contributed by atoms with Crippen molar-refractivity contribution in [2.75, 3.05) is 25.5 Å². The van der Waals surface area contributed by atoms with Gasteiger partial charge in [0, 0.05) is 26.2 Å². The van der Waals surface area contributed by atoms with E-state index in [0.717, 1.165) is 14.2 Å². The van der Waals surface area contributed by atoms with Crippen LogP contribution in [0.4, 0.5) is 10.1 Å². The molecule has 0 aliphatic heterocycles. The van der Waals surface area contributed by atoms with E-state index in [1.807, 2.05) is 26.0 Å². The van der Waals surface area contributed by atoms with Crippen LogP contribution in [0.2, 0.25) is 0 Å². The van der Waals surface area contributed by atoms with Gasteiger partial charge in [0.15, 0.2) is 11.5 Å². The van der Waals surface area contributed by atoms with E-state index in [0.29, 0.717) is 22.6 Å². The maximum Gasteiger partial charge on any atom is 0.303 e. The summed E-state index contributed by atoms with van der Waals surface area (Å²) >= 11 is 0. The maximum atomic E-state index is 14.5. The first-order valence-electron chi connectivity index (χ1n) is 11.7. The number of carbonyl (C=O) groups is 1. The molecule has 0 bridgehead atoms. The van der Waals surface area contributed by atoms with Gasteiger partial charge in [0.1, 0.15) is 5.82 Å². The van der Waals surface area contributed by atoms with Crippen molar-refractivity contribution in [3.05, 3.63) is 89.2 Å². The molecule has 0 saturated heterocycles. The number of halogens is 1. The third-order valence-electron chi connectivity index (χ3n) is 5.45. The van der Waals surface area contributed by atoms with Crippen molar-refractivity contribution >= 4 is 21.8 Å². The van der Waals surface area contributed by atoms with Crippen LogP contribution in [-0.4, -0.2) is 45.9 Å². The lowest BCUT2D eigenvalue weighted by Gasteiger charge is -2.27. The first-order valence-corrected chi connectivity index (χ1v) is 13.1. The molecule has 8 nitrogen and oxygen atoms in total. The van der Waals surface area contributed by atoms with Crippen LogP contribution in [0.15, 0.2) is 66.7 Å². The third-order valence-corrected chi connectivity index (χ3v) is 7.25. The smallest absolute Gasteiger partial charge is 0.303 e. The molecule has 0 aromatic heterocycles. The summed E-state index contributed by atoms with van der Waals surface area (Å²) in [4.78, 5) is 12.7. The molecule has 1 N–H and O–H groups in total. The molecule has 0 aliphatic rings. The summed E-state index contributed by atoms with van der Waals surface area (Å²) in [5.41, 5.74) is 1.78. The van der Waals surface area contributed by atoms with Crippen molar-refractivity contribution in [3.63, 3.8) is 0 Å². The summed E-state index contributed by atoms with van der Waals surface area (Å²) in [6.45, 7) is 4.03. The molecule has 0 unspecified atom stereocenters. The highest BCUT2D eigenvalue weighted by Crippen LogP contribution is 2.29. The highest BCUT2D eigenvalue weighted by atomic mass is 32.2. The SMILES string of the molecule is COc1cc(CNC(=O)c2ccc(CN(c3ccccc3F)S(=O)(=O)N(C)C)cc2)ccc1OC(C)C. The van der Waals surface area contributed by atoms with E-state index in [1.165, 1.54) is 32.3 Å². The first-order chi connectivity index (χ1) is 17.5. The molecule has 3 rings (SSSR count). The number of carbonyl (C=O) groups excluding carboxylic acids is 1. The van der Waals surface area contributed by atoms with Gasteiger partial charge in [-0.1, -0.05) is 30.3 Å². The Labute approximate surface area is 217 Å². The second-order valence-electron chi connectivity index (χ2n) is 8.78. The van der Waals surface area contributed by atoms with E-state index >= 15 is 0 Å². The fourth-order valence-corrected chi connectivity index (χ4v) is 4.63. The molecule has 3 aromatic rings. The van der Waals surface area contributed by atoms with E-state index in [2.05, 4.69) is 5.32 Å². The predicted molar refractivity (Wildman–Crippen MR) is 142 cm³/mol. The second kappa shape index (κ2) is 12.1. The van der Waals surface area contributed by atoms with E-state index < -0.39 is 16.0 Å². The molecule has 0 aliphatic carbocycles. The van der Waals surface area contributed by atoms with Crippen LogP contribution in [0.1, 0.15) is 35.3 Å². The minimum Gasteiger partial charge on any atom is -0.493 e. The summed E-state index contributed by atoms with van der Waals surface area (Å²) in [7, 11) is 0.365. The summed E-state index contributed by atoms with van der Waals surface area (Å²) < 4.78 is 53.4. The quantitative estimate of drug-likeness (QED) is 0.399. The molecule has 37 heavy (non-hydrogen) atoms. The van der Waals surface area contributed by atoms with Crippen molar-refractivity contribution in [1.82, 2.24) is 9.62 Å². The molecular weight excluding hydrogens is 497 g/mol. The van der Waals surface area contributed by atoms with E-state index in [-0.39, 0.29) is 30.8 Å². The van der Waals surface area contributed by atoms with Crippen LogP contribution in [0.25, 0.3) is 0 Å². The minimum atomic E-state index is -3.97. The fraction of sp³-hybridized carbons (Fsp3) is 0.296. The number of hydrogen-bond acceptors (Lipinski definition) is 5. The van der Waals surface area contributed by atoms with E-state index in [1.54, 1.807) is 43.5 Å².